The minimum absolute atomic E-state index is 0.112. The van der Waals surface area contributed by atoms with E-state index in [2.05, 4.69) is 4.98 Å². The zero-order chi connectivity index (χ0) is 14.7. The van der Waals surface area contributed by atoms with Gasteiger partial charge in [0.15, 0.2) is 5.78 Å². The molecule has 3 rings (SSSR count). The summed E-state index contributed by atoms with van der Waals surface area (Å²) in [7, 11) is 1.66. The second-order valence-electron chi connectivity index (χ2n) is 5.82. The number of nitrogens with zero attached hydrogens (tertiary/aromatic N) is 1. The van der Waals surface area contributed by atoms with Gasteiger partial charge < -0.3 is 4.74 Å². The van der Waals surface area contributed by atoms with E-state index in [0.29, 0.717) is 5.92 Å². The number of ether oxygens (including phenoxy) is 1. The summed E-state index contributed by atoms with van der Waals surface area (Å²) in [6, 6.07) is 7.72. The van der Waals surface area contributed by atoms with Crippen LogP contribution in [0.15, 0.2) is 36.7 Å². The van der Waals surface area contributed by atoms with E-state index in [-0.39, 0.29) is 11.9 Å². The van der Waals surface area contributed by atoms with Crippen LogP contribution in [0.4, 0.5) is 0 Å². The van der Waals surface area contributed by atoms with Gasteiger partial charge in [0.05, 0.1) is 0 Å². The maximum absolute atomic E-state index is 12.9. The molecule has 3 nitrogen and oxygen atoms in total. The molecule has 0 N–H and O–H groups in total. The fraction of sp³-hybridized carbons (Fsp3) is 0.444. The van der Waals surface area contributed by atoms with Crippen LogP contribution < -0.4 is 0 Å². The van der Waals surface area contributed by atoms with Crippen molar-refractivity contribution in [2.24, 2.45) is 5.92 Å². The van der Waals surface area contributed by atoms with Crippen LogP contribution in [0.1, 0.15) is 42.5 Å². The molecular formula is C18H21NO2. The van der Waals surface area contributed by atoms with Crippen LogP contribution in [0.25, 0.3) is 10.8 Å². The molecule has 0 amide bonds. The van der Waals surface area contributed by atoms with Crippen molar-refractivity contribution in [3.05, 3.63) is 42.2 Å². The molecule has 1 aliphatic rings. The normalized spacial score (nSPS) is 17.8. The summed E-state index contributed by atoms with van der Waals surface area (Å²) in [5.74, 6) is 0.467. The summed E-state index contributed by atoms with van der Waals surface area (Å²) < 4.78 is 5.59. The summed E-state index contributed by atoms with van der Waals surface area (Å²) in [5, 5.41) is 1.97. The molecule has 110 valence electrons. The van der Waals surface area contributed by atoms with Crippen LogP contribution in [-0.2, 0) is 4.74 Å². The second-order valence-corrected chi connectivity index (χ2v) is 5.82. The molecule has 0 bridgehead atoms. The number of benzene rings is 1. The van der Waals surface area contributed by atoms with Gasteiger partial charge in [-0.3, -0.25) is 9.78 Å². The molecule has 1 aliphatic carbocycles. The molecule has 1 atom stereocenters. The van der Waals surface area contributed by atoms with Crippen LogP contribution in [0.3, 0.4) is 0 Å². The Kier molecular flexibility index (Phi) is 4.30. The van der Waals surface area contributed by atoms with E-state index in [4.69, 9.17) is 4.74 Å². The van der Waals surface area contributed by atoms with Gasteiger partial charge in [0.25, 0.3) is 0 Å². The molecule has 1 unspecified atom stereocenters. The van der Waals surface area contributed by atoms with E-state index in [9.17, 15) is 4.79 Å². The molecular weight excluding hydrogens is 262 g/mol. The molecule has 0 aliphatic heterocycles. The highest BCUT2D eigenvalue weighted by Gasteiger charge is 2.30. The summed E-state index contributed by atoms with van der Waals surface area (Å²) >= 11 is 0. The molecule has 3 heteroatoms. The van der Waals surface area contributed by atoms with Gasteiger partial charge >= 0.3 is 0 Å². The first kappa shape index (κ1) is 14.2. The Hall–Kier alpha value is -1.74. The van der Waals surface area contributed by atoms with E-state index in [1.165, 1.54) is 19.3 Å². The highest BCUT2D eigenvalue weighted by molar-refractivity contribution is 6.10. The molecule has 1 aromatic heterocycles. The van der Waals surface area contributed by atoms with Gasteiger partial charge in [-0.15, -0.1) is 0 Å². The molecule has 0 spiro atoms. The van der Waals surface area contributed by atoms with Crippen LogP contribution in [0, 0.1) is 5.92 Å². The quantitative estimate of drug-likeness (QED) is 0.796. The van der Waals surface area contributed by atoms with Crippen LogP contribution in [-0.4, -0.2) is 24.0 Å². The molecule has 2 aromatic rings. The third-order valence-corrected chi connectivity index (χ3v) is 4.54. The van der Waals surface area contributed by atoms with Gasteiger partial charge in [0.1, 0.15) is 6.10 Å². The third-order valence-electron chi connectivity index (χ3n) is 4.54. The predicted molar refractivity (Wildman–Crippen MR) is 83.4 cm³/mol. The number of hydrogen-bond acceptors (Lipinski definition) is 3. The Morgan fingerprint density at radius 3 is 2.81 bits per heavy atom. The molecule has 1 heterocycles. The van der Waals surface area contributed by atoms with Crippen molar-refractivity contribution < 1.29 is 9.53 Å². The van der Waals surface area contributed by atoms with E-state index < -0.39 is 0 Å². The average Bonchev–Trinajstić information content (AvgIpc) is 2.56. The van der Waals surface area contributed by atoms with E-state index in [1.54, 1.807) is 19.5 Å². The number of carbonyl (C=O) groups is 1. The van der Waals surface area contributed by atoms with Gasteiger partial charge in [0, 0.05) is 30.5 Å². The number of ketones is 1. The maximum Gasteiger partial charge on any atom is 0.192 e. The first-order chi connectivity index (χ1) is 10.3. The average molecular weight is 283 g/mol. The van der Waals surface area contributed by atoms with Gasteiger partial charge in [-0.25, -0.2) is 0 Å². The van der Waals surface area contributed by atoms with Crippen molar-refractivity contribution in [3.8, 4) is 0 Å². The summed E-state index contributed by atoms with van der Waals surface area (Å²) in [4.78, 5) is 17.1. The van der Waals surface area contributed by atoms with Crippen molar-refractivity contribution >= 4 is 16.6 Å². The summed E-state index contributed by atoms with van der Waals surface area (Å²) in [6.07, 6.45) is 9.10. The Labute approximate surface area is 125 Å². The zero-order valence-corrected chi connectivity index (χ0v) is 12.4. The van der Waals surface area contributed by atoms with Crippen molar-refractivity contribution in [1.82, 2.24) is 4.98 Å². The number of fused-ring (bicyclic) bond motifs is 1. The first-order valence-corrected chi connectivity index (χ1v) is 7.71. The predicted octanol–water partition coefficient (Wildman–Crippen LogP) is 4.01. The first-order valence-electron chi connectivity index (χ1n) is 7.71. The highest BCUT2D eigenvalue weighted by Crippen LogP contribution is 2.30. The second kappa shape index (κ2) is 6.35. The monoisotopic (exact) mass is 283 g/mol. The molecule has 21 heavy (non-hydrogen) atoms. The molecule has 0 radical (unpaired) electrons. The van der Waals surface area contributed by atoms with Crippen LogP contribution >= 0.6 is 0 Å². The van der Waals surface area contributed by atoms with Crippen molar-refractivity contribution in [2.75, 3.05) is 7.11 Å². The van der Waals surface area contributed by atoms with E-state index >= 15 is 0 Å². The highest BCUT2D eigenvalue weighted by atomic mass is 16.5. The molecule has 1 saturated carbocycles. The lowest BCUT2D eigenvalue weighted by atomic mass is 9.82. The standard InChI is InChI=1S/C18H21NO2/c1-21-18(13-6-3-2-4-7-13)17(20)16-9-5-8-14-12-19-11-10-15(14)16/h5,8-13,18H,2-4,6-7H2,1H3. The lowest BCUT2D eigenvalue weighted by Gasteiger charge is -2.28. The lowest BCUT2D eigenvalue weighted by molar-refractivity contribution is 0.0316. The minimum atomic E-state index is -0.316. The molecule has 0 saturated heterocycles. The number of carbonyl (C=O) groups excluding carboxylic acids is 1. The topological polar surface area (TPSA) is 39.2 Å². The van der Waals surface area contributed by atoms with Crippen molar-refractivity contribution in [3.63, 3.8) is 0 Å². The summed E-state index contributed by atoms with van der Waals surface area (Å²) in [6.45, 7) is 0. The fourth-order valence-corrected chi connectivity index (χ4v) is 3.44. The largest absolute Gasteiger partial charge is 0.373 e. The van der Waals surface area contributed by atoms with Crippen LogP contribution in [0.5, 0.6) is 0 Å². The Morgan fingerprint density at radius 1 is 1.24 bits per heavy atom. The Bertz CT molecular complexity index is 627. The van der Waals surface area contributed by atoms with Crippen molar-refractivity contribution in [2.45, 2.75) is 38.2 Å². The van der Waals surface area contributed by atoms with Crippen molar-refractivity contribution in [1.29, 1.82) is 0 Å². The maximum atomic E-state index is 12.9. The Balaban J connectivity index is 1.94. The van der Waals surface area contributed by atoms with Gasteiger partial charge in [-0.05, 0) is 30.2 Å². The zero-order valence-electron chi connectivity index (χ0n) is 12.4. The van der Waals surface area contributed by atoms with Gasteiger partial charge in [-0.1, -0.05) is 37.5 Å². The number of rotatable bonds is 4. The fourth-order valence-electron chi connectivity index (χ4n) is 3.44. The minimum Gasteiger partial charge on any atom is -0.373 e. The van der Waals surface area contributed by atoms with Crippen LogP contribution in [0.2, 0.25) is 0 Å². The Morgan fingerprint density at radius 2 is 2.05 bits per heavy atom. The smallest absolute Gasteiger partial charge is 0.192 e. The number of pyridine rings is 1. The third kappa shape index (κ3) is 2.84. The number of methoxy groups -OCH3 is 1. The van der Waals surface area contributed by atoms with E-state index in [0.717, 1.165) is 29.2 Å². The SMILES string of the molecule is COC(C(=O)c1cccc2cnccc12)C1CCCCC1. The number of aromatic nitrogens is 1. The molecule has 1 aromatic carbocycles. The van der Waals surface area contributed by atoms with Gasteiger partial charge in [0.2, 0.25) is 0 Å². The van der Waals surface area contributed by atoms with E-state index in [1.807, 2.05) is 24.3 Å². The molecule has 1 fully saturated rings. The van der Waals surface area contributed by atoms with Gasteiger partial charge in [-0.2, -0.15) is 0 Å². The summed E-state index contributed by atoms with van der Waals surface area (Å²) in [5.41, 5.74) is 0.757. The number of Topliss-reactive ketones (excluding diaryl/α,β-unsaturated/α-hetero) is 1. The lowest BCUT2D eigenvalue weighted by Crippen LogP contribution is -2.33. The number of hydrogen-bond donors (Lipinski definition) is 0.